The van der Waals surface area contributed by atoms with E-state index in [0.29, 0.717) is 23.6 Å². The molecule has 0 saturated carbocycles. The summed E-state index contributed by atoms with van der Waals surface area (Å²) >= 11 is 0. The van der Waals surface area contributed by atoms with Gasteiger partial charge in [-0.25, -0.2) is 0 Å². The number of aromatic amines is 1. The van der Waals surface area contributed by atoms with Crippen LogP contribution in [0.1, 0.15) is 46.4 Å². The van der Waals surface area contributed by atoms with Crippen molar-refractivity contribution in [2.75, 3.05) is 12.3 Å². The minimum atomic E-state index is -0.101. The van der Waals surface area contributed by atoms with Crippen LogP contribution in [0.25, 0.3) is 11.1 Å². The molecule has 1 aliphatic heterocycles. The van der Waals surface area contributed by atoms with Crippen LogP contribution in [0, 0.1) is 13.8 Å². The summed E-state index contributed by atoms with van der Waals surface area (Å²) < 4.78 is 5.31. The second-order valence-electron chi connectivity index (χ2n) is 6.62. The number of carbonyl (C=O) groups is 1. The number of aryl methyl sites for hydroxylation is 2. The van der Waals surface area contributed by atoms with Crippen molar-refractivity contribution < 1.29 is 9.32 Å². The Morgan fingerprint density at radius 2 is 2.08 bits per heavy atom. The zero-order valence-corrected chi connectivity index (χ0v) is 14.8. The number of hydrogen-bond acceptors (Lipinski definition) is 5. The fourth-order valence-corrected chi connectivity index (χ4v) is 3.83. The van der Waals surface area contributed by atoms with Crippen molar-refractivity contribution in [3.05, 3.63) is 53.0 Å². The Morgan fingerprint density at radius 3 is 2.77 bits per heavy atom. The Bertz CT molecular complexity index is 925. The van der Waals surface area contributed by atoms with Crippen LogP contribution < -0.4 is 5.73 Å². The highest BCUT2D eigenvalue weighted by molar-refractivity contribution is 6.01. The summed E-state index contributed by atoms with van der Waals surface area (Å²) in [5.41, 5.74) is 9.83. The Kier molecular flexibility index (Phi) is 3.99. The van der Waals surface area contributed by atoms with Crippen molar-refractivity contribution in [1.82, 2.24) is 20.3 Å². The lowest BCUT2D eigenvalue weighted by Gasteiger charge is -2.24. The average Bonchev–Trinajstić information content (AvgIpc) is 3.34. The summed E-state index contributed by atoms with van der Waals surface area (Å²) in [5, 5.41) is 11.0. The van der Waals surface area contributed by atoms with Crippen LogP contribution in [0.15, 0.2) is 34.9 Å². The summed E-state index contributed by atoms with van der Waals surface area (Å²) in [7, 11) is 0. The van der Waals surface area contributed by atoms with Gasteiger partial charge in [-0.15, -0.1) is 0 Å². The maximum absolute atomic E-state index is 13.3. The average molecular weight is 351 g/mol. The SMILES string of the molecule is Cc1noc(C)c1[C@H]1CCCN1C(=O)c1[nH]nc(N)c1-c1ccccc1. The lowest BCUT2D eigenvalue weighted by atomic mass is 10.0. The summed E-state index contributed by atoms with van der Waals surface area (Å²) in [6.07, 6.45) is 1.82. The molecule has 26 heavy (non-hydrogen) atoms. The monoisotopic (exact) mass is 351 g/mol. The molecule has 0 spiro atoms. The molecule has 1 aliphatic rings. The van der Waals surface area contributed by atoms with E-state index in [4.69, 9.17) is 10.3 Å². The second kappa shape index (κ2) is 6.33. The lowest BCUT2D eigenvalue weighted by Crippen LogP contribution is -2.31. The van der Waals surface area contributed by atoms with E-state index in [-0.39, 0.29) is 11.9 Å². The second-order valence-corrected chi connectivity index (χ2v) is 6.62. The quantitative estimate of drug-likeness (QED) is 0.754. The van der Waals surface area contributed by atoms with Crippen LogP contribution in [-0.4, -0.2) is 32.7 Å². The highest BCUT2D eigenvalue weighted by atomic mass is 16.5. The number of nitrogen functional groups attached to an aromatic ring is 1. The van der Waals surface area contributed by atoms with Crippen molar-refractivity contribution in [2.24, 2.45) is 0 Å². The largest absolute Gasteiger partial charge is 0.382 e. The molecule has 3 heterocycles. The molecule has 1 aromatic carbocycles. The van der Waals surface area contributed by atoms with Crippen molar-refractivity contribution in [3.8, 4) is 11.1 Å². The van der Waals surface area contributed by atoms with Gasteiger partial charge in [0, 0.05) is 12.1 Å². The van der Waals surface area contributed by atoms with Crippen molar-refractivity contribution in [1.29, 1.82) is 0 Å². The van der Waals surface area contributed by atoms with Gasteiger partial charge >= 0.3 is 0 Å². The predicted molar refractivity (Wildman–Crippen MR) is 97.4 cm³/mol. The van der Waals surface area contributed by atoms with Gasteiger partial charge in [-0.05, 0) is 32.3 Å². The maximum Gasteiger partial charge on any atom is 0.273 e. The number of aromatic nitrogens is 3. The third-order valence-electron chi connectivity index (χ3n) is 5.01. The number of H-pyrrole nitrogens is 1. The molecule has 1 fully saturated rings. The number of likely N-dealkylation sites (tertiary alicyclic amines) is 1. The fourth-order valence-electron chi connectivity index (χ4n) is 3.83. The van der Waals surface area contributed by atoms with Gasteiger partial charge in [-0.3, -0.25) is 9.89 Å². The molecule has 4 rings (SSSR count). The molecule has 0 bridgehead atoms. The zero-order chi connectivity index (χ0) is 18.3. The smallest absolute Gasteiger partial charge is 0.273 e. The fraction of sp³-hybridized carbons (Fsp3) is 0.316. The van der Waals surface area contributed by atoms with Gasteiger partial charge in [0.25, 0.3) is 5.91 Å². The molecule has 1 saturated heterocycles. The first-order valence-electron chi connectivity index (χ1n) is 8.71. The molecule has 0 radical (unpaired) electrons. The van der Waals surface area contributed by atoms with Gasteiger partial charge in [-0.1, -0.05) is 35.5 Å². The number of rotatable bonds is 3. The van der Waals surface area contributed by atoms with Crippen LogP contribution in [0.3, 0.4) is 0 Å². The molecule has 3 N–H and O–H groups in total. The van der Waals surface area contributed by atoms with Crippen LogP contribution >= 0.6 is 0 Å². The van der Waals surface area contributed by atoms with Gasteiger partial charge in [0.2, 0.25) is 0 Å². The topological polar surface area (TPSA) is 101 Å². The standard InChI is InChI=1S/C19H21N5O2/c1-11-15(12(2)26-23-11)14-9-6-10-24(14)19(25)17-16(18(20)22-21-17)13-7-4-3-5-8-13/h3-5,7-8,14H,6,9-10H2,1-2H3,(H3,20,21,22)/t14-/m1/s1. The van der Waals surface area contributed by atoms with Crippen molar-refractivity contribution in [3.63, 3.8) is 0 Å². The summed E-state index contributed by atoms with van der Waals surface area (Å²) in [6.45, 7) is 4.48. The van der Waals surface area contributed by atoms with Crippen molar-refractivity contribution in [2.45, 2.75) is 32.7 Å². The van der Waals surface area contributed by atoms with Gasteiger partial charge in [0.1, 0.15) is 11.5 Å². The zero-order valence-electron chi connectivity index (χ0n) is 14.8. The summed E-state index contributed by atoms with van der Waals surface area (Å²) in [4.78, 5) is 15.2. The van der Waals surface area contributed by atoms with Crippen LogP contribution in [0.4, 0.5) is 5.82 Å². The molecule has 2 aromatic heterocycles. The maximum atomic E-state index is 13.3. The third kappa shape index (κ3) is 2.56. The van der Waals surface area contributed by atoms with E-state index in [0.717, 1.165) is 35.4 Å². The number of benzene rings is 1. The first-order valence-corrected chi connectivity index (χ1v) is 8.71. The van der Waals surface area contributed by atoms with E-state index in [1.54, 1.807) is 0 Å². The number of nitrogens with two attached hydrogens (primary N) is 1. The molecule has 7 heteroatoms. The van der Waals surface area contributed by atoms with Crippen LogP contribution in [-0.2, 0) is 0 Å². The van der Waals surface area contributed by atoms with Crippen molar-refractivity contribution >= 4 is 11.7 Å². The van der Waals surface area contributed by atoms with E-state index >= 15 is 0 Å². The summed E-state index contributed by atoms with van der Waals surface area (Å²) in [5.74, 6) is 0.989. The predicted octanol–water partition coefficient (Wildman–Crippen LogP) is 3.24. The first kappa shape index (κ1) is 16.4. The minimum absolute atomic E-state index is 0.0399. The van der Waals surface area contributed by atoms with Crippen LogP contribution in [0.5, 0.6) is 0 Å². The normalized spacial score (nSPS) is 17.0. The third-order valence-corrected chi connectivity index (χ3v) is 5.01. The molecule has 1 atom stereocenters. The Balaban J connectivity index is 1.73. The molecular weight excluding hydrogens is 330 g/mol. The van der Waals surface area contributed by atoms with Gasteiger partial charge in [-0.2, -0.15) is 5.10 Å². The van der Waals surface area contributed by atoms with Crippen LogP contribution in [0.2, 0.25) is 0 Å². The van der Waals surface area contributed by atoms with E-state index in [9.17, 15) is 4.79 Å². The summed E-state index contributed by atoms with van der Waals surface area (Å²) in [6, 6.07) is 9.57. The highest BCUT2D eigenvalue weighted by Crippen LogP contribution is 2.38. The lowest BCUT2D eigenvalue weighted by molar-refractivity contribution is 0.0729. The molecule has 0 aliphatic carbocycles. The van der Waals surface area contributed by atoms with Gasteiger partial charge < -0.3 is 15.2 Å². The highest BCUT2D eigenvalue weighted by Gasteiger charge is 2.36. The number of amides is 1. The Labute approximate surface area is 151 Å². The van der Waals surface area contributed by atoms with E-state index in [2.05, 4.69) is 15.4 Å². The van der Waals surface area contributed by atoms with E-state index in [1.807, 2.05) is 49.1 Å². The first-order chi connectivity index (χ1) is 12.6. The Hall–Kier alpha value is -3.09. The number of nitrogens with zero attached hydrogens (tertiary/aromatic N) is 3. The Morgan fingerprint density at radius 1 is 1.31 bits per heavy atom. The number of nitrogens with one attached hydrogen (secondary N) is 1. The van der Waals surface area contributed by atoms with Gasteiger partial charge in [0.15, 0.2) is 5.82 Å². The number of hydrogen-bond donors (Lipinski definition) is 2. The number of carbonyl (C=O) groups excluding carboxylic acids is 1. The van der Waals surface area contributed by atoms with E-state index in [1.165, 1.54) is 0 Å². The molecule has 1 amide bonds. The van der Waals surface area contributed by atoms with Gasteiger partial charge in [0.05, 0.1) is 17.3 Å². The molecule has 3 aromatic rings. The molecule has 134 valence electrons. The minimum Gasteiger partial charge on any atom is -0.382 e. The van der Waals surface area contributed by atoms with E-state index < -0.39 is 0 Å². The molecule has 7 nitrogen and oxygen atoms in total. The number of anilines is 1. The molecular formula is C19H21N5O2. The molecule has 0 unspecified atom stereocenters.